The minimum Gasteiger partial charge on any atom is -0.477 e. The van der Waals surface area contributed by atoms with E-state index in [0.29, 0.717) is 11.6 Å². The van der Waals surface area contributed by atoms with Crippen molar-refractivity contribution >= 4 is 15.9 Å². The number of allylic oxidation sites excluding steroid dienone is 3. The van der Waals surface area contributed by atoms with E-state index in [1.165, 1.54) is 30.4 Å². The van der Waals surface area contributed by atoms with E-state index in [9.17, 15) is 26.3 Å². The molecule has 0 aromatic carbocycles. The number of alkyl halides is 6. The fourth-order valence-corrected chi connectivity index (χ4v) is 3.70. The summed E-state index contributed by atoms with van der Waals surface area (Å²) in [5.74, 6) is -2.26. The molecule has 1 aliphatic rings. The summed E-state index contributed by atoms with van der Waals surface area (Å²) in [4.78, 5) is 3.84. The fourth-order valence-electron chi connectivity index (χ4n) is 3.21. The lowest BCUT2D eigenvalue weighted by molar-refractivity contribution is -0.289. The zero-order chi connectivity index (χ0) is 26.6. The molecule has 0 amide bonds. The molecule has 0 fully saturated rings. The summed E-state index contributed by atoms with van der Waals surface area (Å²) in [5.41, 5.74) is -4.23. The van der Waals surface area contributed by atoms with Crippen LogP contribution in [0.1, 0.15) is 30.7 Å². The van der Waals surface area contributed by atoms with Crippen LogP contribution in [0.5, 0.6) is 5.88 Å². The maximum atomic E-state index is 14.5. The molecule has 4 bridgehead atoms. The Kier molecular flexibility index (Phi) is 8.44. The number of rotatable bonds is 5. The highest BCUT2D eigenvalue weighted by Crippen LogP contribution is 2.46. The molecule has 3 heterocycles. The van der Waals surface area contributed by atoms with Crippen LogP contribution < -0.4 is 4.74 Å². The summed E-state index contributed by atoms with van der Waals surface area (Å²) in [7, 11) is 0. The quantitative estimate of drug-likeness (QED) is 0.214. The van der Waals surface area contributed by atoms with Crippen molar-refractivity contribution in [1.82, 2.24) is 15.2 Å². The van der Waals surface area contributed by atoms with Crippen LogP contribution in [0, 0.1) is 0 Å². The van der Waals surface area contributed by atoms with Crippen molar-refractivity contribution in [2.45, 2.75) is 37.2 Å². The molecule has 1 unspecified atom stereocenters. The molecule has 6 nitrogen and oxygen atoms in total. The van der Waals surface area contributed by atoms with E-state index in [1.807, 2.05) is 0 Å². The average molecular weight is 580 g/mol. The van der Waals surface area contributed by atoms with Gasteiger partial charge in [-0.25, -0.2) is 4.98 Å². The van der Waals surface area contributed by atoms with Crippen molar-refractivity contribution in [3.63, 3.8) is 0 Å². The van der Waals surface area contributed by atoms with E-state index in [2.05, 4.69) is 44.3 Å². The van der Waals surface area contributed by atoms with Crippen molar-refractivity contribution < 1.29 is 40.2 Å². The second-order valence-electron chi connectivity index (χ2n) is 7.54. The normalized spacial score (nSPS) is 20.2. The number of hydrogen-bond acceptors (Lipinski definition) is 6. The van der Waals surface area contributed by atoms with Crippen LogP contribution in [0.25, 0.3) is 11.6 Å². The third-order valence-electron chi connectivity index (χ3n) is 5.08. The lowest BCUT2D eigenvalue weighted by Crippen LogP contribution is -2.45. The van der Waals surface area contributed by atoms with Gasteiger partial charge in [0.1, 0.15) is 11.3 Å². The van der Waals surface area contributed by atoms with Gasteiger partial charge in [-0.15, -0.1) is 10.2 Å². The lowest BCUT2D eigenvalue weighted by atomic mass is 9.97. The first-order valence-electron chi connectivity index (χ1n) is 10.5. The van der Waals surface area contributed by atoms with Crippen LogP contribution in [0.3, 0.4) is 0 Å². The van der Waals surface area contributed by atoms with E-state index in [4.69, 9.17) is 13.9 Å². The Hall–Kier alpha value is -2.93. The van der Waals surface area contributed by atoms with Crippen molar-refractivity contribution in [1.29, 1.82) is 0 Å². The minimum absolute atomic E-state index is 0.160. The topological polar surface area (TPSA) is 70.3 Å². The Balaban J connectivity index is 2.18. The maximum Gasteiger partial charge on any atom is 0.426 e. The Labute approximate surface area is 210 Å². The van der Waals surface area contributed by atoms with Gasteiger partial charge in [0.25, 0.3) is 11.8 Å². The average Bonchev–Trinajstić information content (AvgIpc) is 3.28. The largest absolute Gasteiger partial charge is 0.477 e. The molecule has 3 rings (SSSR count). The number of ether oxygens (including phenoxy) is 2. The van der Waals surface area contributed by atoms with E-state index in [1.54, 1.807) is 0 Å². The van der Waals surface area contributed by atoms with Crippen LogP contribution in [0.15, 0.2) is 64.1 Å². The summed E-state index contributed by atoms with van der Waals surface area (Å²) in [6.07, 6.45) is -3.28. The molecule has 13 heteroatoms. The summed E-state index contributed by atoms with van der Waals surface area (Å²) < 4.78 is 99.9. The third-order valence-corrected chi connectivity index (χ3v) is 5.69. The monoisotopic (exact) mass is 579 g/mol. The summed E-state index contributed by atoms with van der Waals surface area (Å²) in [6, 6.07) is 0.692. The van der Waals surface area contributed by atoms with Gasteiger partial charge < -0.3 is 13.9 Å². The molecule has 1 aliphatic heterocycles. The summed E-state index contributed by atoms with van der Waals surface area (Å²) >= 11 is 2.96. The molecule has 0 saturated heterocycles. The van der Waals surface area contributed by atoms with Crippen molar-refractivity contribution in [3.8, 4) is 17.5 Å². The third kappa shape index (κ3) is 5.89. The zero-order valence-corrected chi connectivity index (χ0v) is 20.2. The number of halogens is 7. The predicted molar refractivity (Wildman–Crippen MR) is 121 cm³/mol. The first-order valence-corrected chi connectivity index (χ1v) is 11.3. The first-order chi connectivity index (χ1) is 16.9. The Bertz CT molecular complexity index is 1170. The molecule has 194 valence electrons. The van der Waals surface area contributed by atoms with Gasteiger partial charge in [0, 0.05) is 10.9 Å². The van der Waals surface area contributed by atoms with E-state index in [0.717, 1.165) is 0 Å². The highest BCUT2D eigenvalue weighted by atomic mass is 79.9. The second-order valence-corrected chi connectivity index (χ2v) is 8.40. The van der Waals surface area contributed by atoms with Gasteiger partial charge in [-0.05, 0) is 40.4 Å². The molecule has 0 spiro atoms. The number of fused-ring (bicyclic) bond motifs is 5. The number of pyridine rings is 1. The number of nitrogens with zero attached hydrogens (tertiary/aromatic N) is 3. The van der Waals surface area contributed by atoms with Crippen LogP contribution in [-0.4, -0.2) is 34.6 Å². The molecule has 0 saturated carbocycles. The molecular formula is C23H20BrF6N3O3. The van der Waals surface area contributed by atoms with Crippen molar-refractivity contribution in [2.75, 3.05) is 13.2 Å². The van der Waals surface area contributed by atoms with Gasteiger partial charge in [-0.1, -0.05) is 43.5 Å². The highest BCUT2D eigenvalue weighted by molar-refractivity contribution is 9.10. The molecule has 0 radical (unpaired) electrons. The second kappa shape index (κ2) is 11.0. The Morgan fingerprint density at radius 2 is 1.92 bits per heavy atom. The molecule has 36 heavy (non-hydrogen) atoms. The van der Waals surface area contributed by atoms with Crippen molar-refractivity contribution in [2.24, 2.45) is 0 Å². The first kappa shape index (κ1) is 27.7. The van der Waals surface area contributed by atoms with Gasteiger partial charge in [-0.2, -0.15) is 26.3 Å². The molecule has 0 aliphatic carbocycles. The minimum atomic E-state index is -5.02. The molecule has 2 aromatic heterocycles. The van der Waals surface area contributed by atoms with Gasteiger partial charge in [0.05, 0.1) is 13.2 Å². The van der Waals surface area contributed by atoms with E-state index >= 15 is 0 Å². The Morgan fingerprint density at radius 3 is 2.56 bits per heavy atom. The van der Waals surface area contributed by atoms with Crippen molar-refractivity contribution in [3.05, 3.63) is 71.1 Å². The molecule has 2 aromatic rings. The standard InChI is InChI=1S/C23H20BrF6N3O3/c1-3-9-14(4-2)13-35-21(23(28,29)30)10-7-5-6-8-11-34-18-15(22(25,26)27)12-16(24)17(31-18)19-32-33-20(21)36-19/h3-5,7,9,12H,1-2,6,8,10-11,13H2/b7-5+,14-9+. The summed E-state index contributed by atoms with van der Waals surface area (Å²) in [6.45, 7) is 6.38. The fraction of sp³-hybridized carbons (Fsp3) is 0.348. The molecule has 0 N–H and O–H groups in total. The predicted octanol–water partition coefficient (Wildman–Crippen LogP) is 7.10. The van der Waals surface area contributed by atoms with Gasteiger partial charge in [0.2, 0.25) is 11.5 Å². The Morgan fingerprint density at radius 1 is 1.17 bits per heavy atom. The SMILES string of the molecule is C=C/C=C(\C=C)COC1(C(F)(F)F)C/C=C/CCCOc2nc(c(Br)cc2C(F)(F)F)-c2nnc1o2. The highest BCUT2D eigenvalue weighted by Gasteiger charge is 2.61. The van der Waals surface area contributed by atoms with Gasteiger partial charge >= 0.3 is 12.4 Å². The number of aromatic nitrogens is 3. The van der Waals surface area contributed by atoms with Gasteiger partial charge in [-0.3, -0.25) is 0 Å². The number of hydrogen-bond donors (Lipinski definition) is 0. The van der Waals surface area contributed by atoms with Crippen LogP contribution in [-0.2, 0) is 16.5 Å². The van der Waals surface area contributed by atoms with Crippen LogP contribution in [0.2, 0.25) is 0 Å². The summed E-state index contributed by atoms with van der Waals surface area (Å²) in [5, 5.41) is 7.18. The van der Waals surface area contributed by atoms with Crippen LogP contribution >= 0.6 is 15.9 Å². The zero-order valence-electron chi connectivity index (χ0n) is 18.6. The smallest absolute Gasteiger partial charge is 0.426 e. The van der Waals surface area contributed by atoms with E-state index < -0.39 is 54.2 Å². The molecular weight excluding hydrogens is 560 g/mol. The van der Waals surface area contributed by atoms with E-state index in [-0.39, 0.29) is 29.6 Å². The molecule has 1 atom stereocenters. The lowest BCUT2D eigenvalue weighted by Gasteiger charge is -2.32. The van der Waals surface area contributed by atoms with Crippen LogP contribution in [0.4, 0.5) is 26.3 Å². The maximum absolute atomic E-state index is 14.5. The van der Waals surface area contributed by atoms with Gasteiger partial charge in [0.15, 0.2) is 0 Å².